The zero-order valence-electron chi connectivity index (χ0n) is 16.0. The molecule has 1 aromatic carbocycles. The minimum Gasteiger partial charge on any atom is -0.337 e. The first-order chi connectivity index (χ1) is 13.0. The Labute approximate surface area is 165 Å². The highest BCUT2D eigenvalue weighted by Gasteiger charge is 2.32. The van der Waals surface area contributed by atoms with E-state index in [9.17, 15) is 10.1 Å². The highest BCUT2D eigenvalue weighted by molar-refractivity contribution is 7.99. The highest BCUT2D eigenvalue weighted by atomic mass is 32.2. The number of carbonyl (C=O) groups excluding carboxylic acids is 1. The van der Waals surface area contributed by atoms with E-state index in [0.29, 0.717) is 0 Å². The summed E-state index contributed by atoms with van der Waals surface area (Å²) in [6.07, 6.45) is 9.43. The van der Waals surface area contributed by atoms with Crippen molar-refractivity contribution in [1.29, 1.82) is 5.26 Å². The Morgan fingerprint density at radius 3 is 2.52 bits per heavy atom. The Bertz CT molecular complexity index is 824. The second-order valence-corrected chi connectivity index (χ2v) is 8.31. The third kappa shape index (κ3) is 4.92. The predicted molar refractivity (Wildman–Crippen MR) is 108 cm³/mol. The standard InChI is InChI=1S/C21H26N4OS/c1-16-11-17(2)13-18(12-16)25-10-9-23-20(25)27-14-19(26)24-21(15-22)7-5-3-4-6-8-21/h9-13H,3-8,14H2,1-2H3,(H,24,26). The molecule has 0 saturated heterocycles. The topological polar surface area (TPSA) is 70.7 Å². The van der Waals surface area contributed by atoms with Crippen molar-refractivity contribution in [3.05, 3.63) is 41.7 Å². The first kappa shape index (κ1) is 19.5. The Kier molecular flexibility index (Phi) is 6.22. The third-order valence-corrected chi connectivity index (χ3v) is 5.94. The summed E-state index contributed by atoms with van der Waals surface area (Å²) < 4.78 is 2.00. The molecule has 1 aromatic heterocycles. The van der Waals surface area contributed by atoms with Crippen molar-refractivity contribution < 1.29 is 4.79 Å². The number of rotatable bonds is 5. The molecule has 1 fully saturated rings. The second kappa shape index (κ2) is 8.62. The van der Waals surface area contributed by atoms with Crippen LogP contribution in [0, 0.1) is 25.2 Å². The lowest BCUT2D eigenvalue weighted by Crippen LogP contribution is -2.47. The van der Waals surface area contributed by atoms with Gasteiger partial charge in [0, 0.05) is 18.1 Å². The van der Waals surface area contributed by atoms with E-state index in [0.717, 1.165) is 49.4 Å². The Hall–Kier alpha value is -2.26. The van der Waals surface area contributed by atoms with Crippen LogP contribution in [0.25, 0.3) is 5.69 Å². The minimum absolute atomic E-state index is 0.0987. The highest BCUT2D eigenvalue weighted by Crippen LogP contribution is 2.27. The van der Waals surface area contributed by atoms with Gasteiger partial charge in [0.25, 0.3) is 0 Å². The van der Waals surface area contributed by atoms with Crippen LogP contribution in [0.5, 0.6) is 0 Å². The van der Waals surface area contributed by atoms with Gasteiger partial charge in [-0.2, -0.15) is 5.26 Å². The van der Waals surface area contributed by atoms with Crippen LogP contribution in [0.3, 0.4) is 0 Å². The summed E-state index contributed by atoms with van der Waals surface area (Å²) in [6.45, 7) is 4.14. The van der Waals surface area contributed by atoms with E-state index in [-0.39, 0.29) is 11.7 Å². The van der Waals surface area contributed by atoms with Crippen molar-refractivity contribution in [2.75, 3.05) is 5.75 Å². The SMILES string of the molecule is Cc1cc(C)cc(-n2ccnc2SCC(=O)NC2(C#N)CCCCCC2)c1. The number of nitriles is 1. The Morgan fingerprint density at radius 1 is 1.22 bits per heavy atom. The van der Waals surface area contributed by atoms with E-state index < -0.39 is 5.54 Å². The molecular formula is C21H26N4OS. The number of imidazole rings is 1. The van der Waals surface area contributed by atoms with Gasteiger partial charge in [0.15, 0.2) is 5.16 Å². The van der Waals surface area contributed by atoms with Crippen molar-refractivity contribution in [2.24, 2.45) is 0 Å². The van der Waals surface area contributed by atoms with Gasteiger partial charge in [0.1, 0.15) is 5.54 Å². The van der Waals surface area contributed by atoms with Gasteiger partial charge in [0.05, 0.1) is 11.8 Å². The maximum absolute atomic E-state index is 12.5. The molecule has 27 heavy (non-hydrogen) atoms. The van der Waals surface area contributed by atoms with Crippen LogP contribution in [0.15, 0.2) is 35.7 Å². The molecule has 1 aliphatic carbocycles. The van der Waals surface area contributed by atoms with Gasteiger partial charge in [-0.05, 0) is 49.9 Å². The molecule has 0 atom stereocenters. The van der Waals surface area contributed by atoms with Gasteiger partial charge < -0.3 is 5.32 Å². The van der Waals surface area contributed by atoms with Crippen LogP contribution in [0.4, 0.5) is 0 Å². The second-order valence-electron chi connectivity index (χ2n) is 7.37. The molecule has 3 rings (SSSR count). The summed E-state index contributed by atoms with van der Waals surface area (Å²) in [5.41, 5.74) is 2.73. The number of aryl methyl sites for hydroxylation is 2. The summed E-state index contributed by atoms with van der Waals surface area (Å²) in [4.78, 5) is 16.9. The van der Waals surface area contributed by atoms with Gasteiger partial charge in [-0.15, -0.1) is 0 Å². The van der Waals surface area contributed by atoms with E-state index in [1.807, 2.05) is 10.8 Å². The molecule has 1 saturated carbocycles. The number of benzene rings is 1. The fourth-order valence-corrected chi connectivity index (χ4v) is 4.49. The summed E-state index contributed by atoms with van der Waals surface area (Å²) in [5.74, 6) is 0.157. The average molecular weight is 383 g/mol. The molecule has 1 aliphatic rings. The van der Waals surface area contributed by atoms with Crippen molar-refractivity contribution >= 4 is 17.7 Å². The summed E-state index contributed by atoms with van der Waals surface area (Å²) in [5, 5.41) is 13.4. The number of nitrogens with one attached hydrogen (secondary N) is 1. The average Bonchev–Trinajstić information content (AvgIpc) is 2.98. The zero-order chi connectivity index (χ0) is 19.3. The van der Waals surface area contributed by atoms with Gasteiger partial charge >= 0.3 is 0 Å². The number of hydrogen-bond donors (Lipinski definition) is 1. The molecule has 1 amide bonds. The molecule has 2 aromatic rings. The lowest BCUT2D eigenvalue weighted by molar-refractivity contribution is -0.120. The van der Waals surface area contributed by atoms with E-state index in [1.54, 1.807) is 6.20 Å². The monoisotopic (exact) mass is 382 g/mol. The summed E-state index contributed by atoms with van der Waals surface area (Å²) >= 11 is 1.40. The van der Waals surface area contributed by atoms with Crippen molar-refractivity contribution in [3.63, 3.8) is 0 Å². The maximum Gasteiger partial charge on any atom is 0.231 e. The molecule has 1 N–H and O–H groups in total. The molecule has 142 valence electrons. The Balaban J connectivity index is 1.66. The van der Waals surface area contributed by atoms with E-state index >= 15 is 0 Å². The van der Waals surface area contributed by atoms with Gasteiger partial charge in [-0.25, -0.2) is 4.98 Å². The molecule has 0 spiro atoms. The van der Waals surface area contributed by atoms with Crippen molar-refractivity contribution in [2.45, 2.75) is 63.1 Å². The van der Waals surface area contributed by atoms with Crippen molar-refractivity contribution in [3.8, 4) is 11.8 Å². The largest absolute Gasteiger partial charge is 0.337 e. The zero-order valence-corrected chi connectivity index (χ0v) is 16.8. The number of hydrogen-bond acceptors (Lipinski definition) is 4. The van der Waals surface area contributed by atoms with Crippen LogP contribution < -0.4 is 5.32 Å². The smallest absolute Gasteiger partial charge is 0.231 e. The Morgan fingerprint density at radius 2 is 1.89 bits per heavy atom. The summed E-state index contributed by atoms with van der Waals surface area (Å²) in [6, 6.07) is 8.72. The van der Waals surface area contributed by atoms with Crippen LogP contribution in [0.1, 0.15) is 49.7 Å². The molecule has 0 unspecified atom stereocenters. The normalized spacial score (nSPS) is 16.3. The molecular weight excluding hydrogens is 356 g/mol. The maximum atomic E-state index is 12.5. The molecule has 0 aliphatic heterocycles. The van der Waals surface area contributed by atoms with Crippen molar-refractivity contribution in [1.82, 2.24) is 14.9 Å². The number of nitrogens with zero attached hydrogens (tertiary/aromatic N) is 3. The van der Waals surface area contributed by atoms with E-state index in [4.69, 9.17) is 0 Å². The third-order valence-electron chi connectivity index (χ3n) is 4.97. The summed E-state index contributed by atoms with van der Waals surface area (Å²) in [7, 11) is 0. The fourth-order valence-electron chi connectivity index (χ4n) is 3.71. The van der Waals surface area contributed by atoms with Gasteiger partial charge in [-0.3, -0.25) is 9.36 Å². The molecule has 1 heterocycles. The lowest BCUT2D eigenvalue weighted by atomic mass is 9.92. The predicted octanol–water partition coefficient (Wildman–Crippen LogP) is 4.31. The molecule has 0 bridgehead atoms. The molecule has 5 nitrogen and oxygen atoms in total. The lowest BCUT2D eigenvalue weighted by Gasteiger charge is -2.26. The van der Waals surface area contributed by atoms with Gasteiger partial charge in [0.2, 0.25) is 5.91 Å². The number of thioether (sulfide) groups is 1. The van der Waals surface area contributed by atoms with Gasteiger partial charge in [-0.1, -0.05) is 43.5 Å². The number of aromatic nitrogens is 2. The molecule has 6 heteroatoms. The van der Waals surface area contributed by atoms with Crippen LogP contribution >= 0.6 is 11.8 Å². The number of carbonyl (C=O) groups is 1. The van der Waals surface area contributed by atoms with E-state index in [2.05, 4.69) is 48.4 Å². The number of amides is 1. The first-order valence-electron chi connectivity index (χ1n) is 9.48. The quantitative estimate of drug-likeness (QED) is 0.618. The van der Waals surface area contributed by atoms with E-state index in [1.165, 1.54) is 22.9 Å². The minimum atomic E-state index is -0.697. The van der Waals surface area contributed by atoms with Crippen LogP contribution in [-0.2, 0) is 4.79 Å². The van der Waals surface area contributed by atoms with Crippen LogP contribution in [-0.4, -0.2) is 26.8 Å². The van der Waals surface area contributed by atoms with Crippen LogP contribution in [0.2, 0.25) is 0 Å². The fraction of sp³-hybridized carbons (Fsp3) is 0.476. The first-order valence-corrected chi connectivity index (χ1v) is 10.5. The molecule has 0 radical (unpaired) electrons.